The van der Waals surface area contributed by atoms with Gasteiger partial charge in [-0.25, -0.2) is 13.1 Å². The molecule has 1 fully saturated rings. The van der Waals surface area contributed by atoms with Crippen LogP contribution in [-0.2, 0) is 10.0 Å². The van der Waals surface area contributed by atoms with Gasteiger partial charge < -0.3 is 5.32 Å². The molecule has 2 N–H and O–H groups in total. The first-order valence-electron chi connectivity index (χ1n) is 7.26. The maximum absolute atomic E-state index is 12.4. The lowest BCUT2D eigenvalue weighted by Crippen LogP contribution is -2.45. The number of hydrogen-bond donors (Lipinski definition) is 2. The summed E-state index contributed by atoms with van der Waals surface area (Å²) in [5, 5.41) is 3.17. The summed E-state index contributed by atoms with van der Waals surface area (Å²) < 4.78 is 27.8. The molecule has 2 atom stereocenters. The summed E-state index contributed by atoms with van der Waals surface area (Å²) in [5.74, 6) is 0.383. The molecule has 0 spiro atoms. The molecule has 0 unspecified atom stereocenters. The lowest BCUT2D eigenvalue weighted by atomic mass is 9.85. The second-order valence-electron chi connectivity index (χ2n) is 5.64. The Morgan fingerprint density at radius 2 is 1.80 bits per heavy atom. The second-order valence-corrected chi connectivity index (χ2v) is 7.36. The van der Waals surface area contributed by atoms with Crippen LogP contribution in [0.4, 0.5) is 0 Å². The van der Waals surface area contributed by atoms with Crippen LogP contribution in [0.2, 0.25) is 0 Å². The Balaban J connectivity index is 2.12. The van der Waals surface area contributed by atoms with E-state index in [2.05, 4.69) is 10.0 Å². The molecule has 2 rings (SSSR count). The number of nitrogens with one attached hydrogen (secondary N) is 2. The van der Waals surface area contributed by atoms with E-state index in [0.717, 1.165) is 31.4 Å². The lowest BCUT2D eigenvalue weighted by Gasteiger charge is -2.31. The van der Waals surface area contributed by atoms with Gasteiger partial charge in [0.2, 0.25) is 10.0 Å². The fourth-order valence-corrected chi connectivity index (χ4v) is 4.19. The Labute approximate surface area is 122 Å². The van der Waals surface area contributed by atoms with E-state index in [1.807, 2.05) is 26.1 Å². The van der Waals surface area contributed by atoms with Gasteiger partial charge in [-0.3, -0.25) is 0 Å². The minimum absolute atomic E-state index is 0.0440. The summed E-state index contributed by atoms with van der Waals surface area (Å²) in [6, 6.07) is 7.06. The molecule has 1 aliphatic carbocycles. The van der Waals surface area contributed by atoms with Gasteiger partial charge in [-0.15, -0.1) is 0 Å². The first-order valence-corrected chi connectivity index (χ1v) is 8.75. The third kappa shape index (κ3) is 3.81. The van der Waals surface area contributed by atoms with Gasteiger partial charge >= 0.3 is 0 Å². The smallest absolute Gasteiger partial charge is 0.240 e. The van der Waals surface area contributed by atoms with Crippen molar-refractivity contribution in [1.29, 1.82) is 0 Å². The van der Waals surface area contributed by atoms with Crippen molar-refractivity contribution >= 4 is 10.0 Å². The van der Waals surface area contributed by atoms with E-state index in [4.69, 9.17) is 0 Å². The summed E-state index contributed by atoms with van der Waals surface area (Å²) in [4.78, 5) is 0.358. The van der Waals surface area contributed by atoms with Crippen LogP contribution in [0.25, 0.3) is 0 Å². The summed E-state index contributed by atoms with van der Waals surface area (Å²) in [7, 11) is -1.49. The van der Waals surface area contributed by atoms with E-state index in [9.17, 15) is 8.42 Å². The molecular weight excluding hydrogens is 272 g/mol. The molecule has 0 aliphatic heterocycles. The Bertz CT molecular complexity index is 523. The topological polar surface area (TPSA) is 58.2 Å². The number of rotatable bonds is 5. The van der Waals surface area contributed by atoms with Crippen molar-refractivity contribution in [3.8, 4) is 0 Å². The molecule has 0 amide bonds. The quantitative estimate of drug-likeness (QED) is 0.874. The summed E-state index contributed by atoms with van der Waals surface area (Å²) in [5.41, 5.74) is 1.06. The summed E-state index contributed by atoms with van der Waals surface area (Å²) in [6.45, 7) is 2.81. The summed E-state index contributed by atoms with van der Waals surface area (Å²) in [6.07, 6.45) is 4.30. The van der Waals surface area contributed by atoms with Crippen molar-refractivity contribution in [2.24, 2.45) is 5.92 Å². The first kappa shape index (κ1) is 15.5. The monoisotopic (exact) mass is 296 g/mol. The average molecular weight is 296 g/mol. The zero-order chi connectivity index (χ0) is 14.6. The van der Waals surface area contributed by atoms with Crippen LogP contribution in [0.5, 0.6) is 0 Å². The van der Waals surface area contributed by atoms with E-state index < -0.39 is 10.0 Å². The van der Waals surface area contributed by atoms with Crippen molar-refractivity contribution < 1.29 is 8.42 Å². The van der Waals surface area contributed by atoms with E-state index in [1.165, 1.54) is 6.42 Å². The molecule has 1 aliphatic rings. The van der Waals surface area contributed by atoms with E-state index in [-0.39, 0.29) is 6.04 Å². The van der Waals surface area contributed by atoms with Crippen LogP contribution in [0.1, 0.15) is 31.2 Å². The largest absolute Gasteiger partial charge is 0.319 e. The van der Waals surface area contributed by atoms with Crippen molar-refractivity contribution in [3.63, 3.8) is 0 Å². The van der Waals surface area contributed by atoms with E-state index in [1.54, 1.807) is 12.1 Å². The highest BCUT2D eigenvalue weighted by Crippen LogP contribution is 2.25. The Hall–Kier alpha value is -0.910. The van der Waals surface area contributed by atoms with E-state index in [0.29, 0.717) is 10.8 Å². The molecule has 0 aromatic heterocycles. The molecule has 1 aromatic rings. The van der Waals surface area contributed by atoms with Gasteiger partial charge in [0.15, 0.2) is 0 Å². The summed E-state index contributed by atoms with van der Waals surface area (Å²) >= 11 is 0. The first-order chi connectivity index (χ1) is 9.53. The molecule has 0 radical (unpaired) electrons. The highest BCUT2D eigenvalue weighted by atomic mass is 32.2. The van der Waals surface area contributed by atoms with Crippen molar-refractivity contribution in [2.75, 3.05) is 13.6 Å². The predicted octanol–water partition coefficient (Wildman–Crippen LogP) is 2.05. The molecule has 0 saturated heterocycles. The standard InChI is InChI=1S/C15H24N2O2S/c1-12-7-9-14(10-8-12)20(18,19)17-15-6-4-3-5-13(15)11-16-2/h7-10,13,15-17H,3-6,11H2,1-2H3/t13-,15-/m0/s1. The minimum Gasteiger partial charge on any atom is -0.319 e. The molecule has 1 aromatic carbocycles. The number of benzene rings is 1. The fraction of sp³-hybridized carbons (Fsp3) is 0.600. The maximum Gasteiger partial charge on any atom is 0.240 e. The molecule has 0 bridgehead atoms. The normalized spacial score (nSPS) is 23.7. The Morgan fingerprint density at radius 3 is 2.45 bits per heavy atom. The molecular formula is C15H24N2O2S. The molecule has 0 heterocycles. The van der Waals surface area contributed by atoms with Crippen molar-refractivity contribution in [1.82, 2.24) is 10.0 Å². The number of sulfonamides is 1. The van der Waals surface area contributed by atoms with Gasteiger partial charge in [-0.1, -0.05) is 30.5 Å². The van der Waals surface area contributed by atoms with Crippen molar-refractivity contribution in [2.45, 2.75) is 43.5 Å². The van der Waals surface area contributed by atoms with Crippen molar-refractivity contribution in [3.05, 3.63) is 29.8 Å². The molecule has 112 valence electrons. The third-order valence-electron chi connectivity index (χ3n) is 4.01. The highest BCUT2D eigenvalue weighted by molar-refractivity contribution is 7.89. The zero-order valence-electron chi connectivity index (χ0n) is 12.2. The van der Waals surface area contributed by atoms with Crippen LogP contribution in [0.3, 0.4) is 0 Å². The lowest BCUT2D eigenvalue weighted by molar-refractivity contribution is 0.284. The Kier molecular flexibility index (Phi) is 5.18. The minimum atomic E-state index is -3.41. The van der Waals surface area contributed by atoms with E-state index >= 15 is 0 Å². The van der Waals surface area contributed by atoms with Gasteiger partial charge in [0.05, 0.1) is 4.90 Å². The third-order valence-corrected chi connectivity index (χ3v) is 5.52. The Morgan fingerprint density at radius 1 is 1.15 bits per heavy atom. The molecule has 20 heavy (non-hydrogen) atoms. The molecule has 5 heteroatoms. The maximum atomic E-state index is 12.4. The van der Waals surface area contributed by atoms with Gasteiger partial charge in [0, 0.05) is 6.04 Å². The van der Waals surface area contributed by atoms with Crippen LogP contribution in [0, 0.1) is 12.8 Å². The number of hydrogen-bond acceptors (Lipinski definition) is 3. The van der Waals surface area contributed by atoms with Crippen LogP contribution in [-0.4, -0.2) is 28.1 Å². The second kappa shape index (κ2) is 6.70. The zero-order valence-corrected chi connectivity index (χ0v) is 13.0. The number of aryl methyl sites for hydroxylation is 1. The van der Waals surface area contributed by atoms with Crippen LogP contribution in [0.15, 0.2) is 29.2 Å². The average Bonchev–Trinajstić information content (AvgIpc) is 2.41. The van der Waals surface area contributed by atoms with Crippen LogP contribution < -0.4 is 10.0 Å². The molecule has 4 nitrogen and oxygen atoms in total. The highest BCUT2D eigenvalue weighted by Gasteiger charge is 2.28. The van der Waals surface area contributed by atoms with Crippen LogP contribution >= 0.6 is 0 Å². The SMILES string of the molecule is CNC[C@@H]1CCCC[C@@H]1NS(=O)(=O)c1ccc(C)cc1. The van der Waals surface area contributed by atoms with Gasteiger partial charge in [-0.2, -0.15) is 0 Å². The van der Waals surface area contributed by atoms with Gasteiger partial charge in [0.1, 0.15) is 0 Å². The molecule has 1 saturated carbocycles. The van der Waals surface area contributed by atoms with Gasteiger partial charge in [-0.05, 0) is 51.4 Å². The van der Waals surface area contributed by atoms with Gasteiger partial charge in [0.25, 0.3) is 0 Å². The fourth-order valence-electron chi connectivity index (χ4n) is 2.85. The predicted molar refractivity (Wildman–Crippen MR) is 81.2 cm³/mol.